The molecule has 0 amide bonds. The van der Waals surface area contributed by atoms with Crippen molar-refractivity contribution in [1.29, 1.82) is 0 Å². The number of hydrazone groups is 1. The van der Waals surface area contributed by atoms with Crippen LogP contribution >= 0.6 is 23.5 Å². The van der Waals surface area contributed by atoms with Gasteiger partial charge in [0.25, 0.3) is 0 Å². The lowest BCUT2D eigenvalue weighted by atomic mass is 10.3. The minimum Gasteiger partial charge on any atom is -0.449 e. The number of tetrazole rings is 1. The van der Waals surface area contributed by atoms with E-state index in [1.165, 1.54) is 11.8 Å². The number of amidine groups is 1. The Labute approximate surface area is 136 Å². The average molecular weight is 335 g/mol. The first-order valence-electron chi connectivity index (χ1n) is 6.64. The molecule has 2 aromatic rings. The van der Waals surface area contributed by atoms with Gasteiger partial charge >= 0.3 is 0 Å². The van der Waals surface area contributed by atoms with E-state index in [4.69, 9.17) is 0 Å². The predicted octanol–water partition coefficient (Wildman–Crippen LogP) is 2.34. The number of hydrogen-bond donors (Lipinski definition) is 0. The van der Waals surface area contributed by atoms with E-state index in [0.717, 1.165) is 26.7 Å². The van der Waals surface area contributed by atoms with Crippen molar-refractivity contribution in [2.24, 2.45) is 12.1 Å². The molecule has 1 aliphatic heterocycles. The van der Waals surface area contributed by atoms with Gasteiger partial charge < -0.3 is 15.7 Å². The number of anilines is 1. The van der Waals surface area contributed by atoms with Crippen LogP contribution in [0.15, 0.2) is 39.4 Å². The Hall–Kier alpha value is -1.78. The molecule has 1 aromatic carbocycles. The van der Waals surface area contributed by atoms with Gasteiger partial charge in [-0.05, 0) is 53.2 Å². The molecule has 0 bridgehead atoms. The molecule has 0 atom stereocenters. The maximum absolute atomic E-state index is 4.50. The van der Waals surface area contributed by atoms with Crippen LogP contribution in [0.4, 0.5) is 5.69 Å². The van der Waals surface area contributed by atoms with Crippen molar-refractivity contribution in [3.05, 3.63) is 29.8 Å². The SMILES string of the molecule is CCSC1=NN(c2cccc(Sc3nnnn3C)c2)[N-]N1C. The third-order valence-electron chi connectivity index (χ3n) is 2.79. The van der Waals surface area contributed by atoms with Crippen molar-refractivity contribution < 1.29 is 0 Å². The molecule has 0 radical (unpaired) electrons. The van der Waals surface area contributed by atoms with Crippen molar-refractivity contribution in [3.8, 4) is 0 Å². The second-order valence-electron chi connectivity index (χ2n) is 4.40. The van der Waals surface area contributed by atoms with Crippen LogP contribution in [-0.2, 0) is 7.05 Å². The first-order valence-corrected chi connectivity index (χ1v) is 8.44. The Bertz CT molecular complexity index is 685. The molecular weight excluding hydrogens is 320 g/mol. The van der Waals surface area contributed by atoms with E-state index in [1.54, 1.807) is 26.6 Å². The third-order valence-corrected chi connectivity index (χ3v) is 4.70. The van der Waals surface area contributed by atoms with Crippen molar-refractivity contribution in [1.82, 2.24) is 25.2 Å². The number of thioether (sulfide) groups is 1. The molecule has 22 heavy (non-hydrogen) atoms. The fraction of sp³-hybridized carbons (Fsp3) is 0.333. The third kappa shape index (κ3) is 3.18. The van der Waals surface area contributed by atoms with Gasteiger partial charge in [-0.3, -0.25) is 0 Å². The van der Waals surface area contributed by atoms with Crippen LogP contribution in [0.5, 0.6) is 0 Å². The van der Waals surface area contributed by atoms with E-state index < -0.39 is 0 Å². The topological polar surface area (TPSA) is 76.5 Å². The van der Waals surface area contributed by atoms with Crippen LogP contribution < -0.4 is 5.12 Å². The van der Waals surface area contributed by atoms with Crippen LogP contribution in [0, 0.1) is 0 Å². The summed E-state index contributed by atoms with van der Waals surface area (Å²) in [5.74, 6) is 0.960. The maximum Gasteiger partial charge on any atom is 0.213 e. The normalized spacial score (nSPS) is 14.6. The summed E-state index contributed by atoms with van der Waals surface area (Å²) in [5.41, 5.74) is 5.30. The molecular formula is C12H15N8S2-. The summed E-state index contributed by atoms with van der Waals surface area (Å²) in [5, 5.41) is 21.0. The Balaban J connectivity index is 1.79. The summed E-state index contributed by atoms with van der Waals surface area (Å²) in [4.78, 5) is 1.03. The van der Waals surface area contributed by atoms with E-state index in [2.05, 4.69) is 33.1 Å². The van der Waals surface area contributed by atoms with Gasteiger partial charge in [0, 0.05) is 17.6 Å². The lowest BCUT2D eigenvalue weighted by molar-refractivity contribution is 0.653. The maximum atomic E-state index is 4.50. The molecule has 0 saturated heterocycles. The summed E-state index contributed by atoms with van der Waals surface area (Å²) in [7, 11) is 3.71. The molecule has 0 aliphatic carbocycles. The standard InChI is InChI=1S/C12H15N8S2/c1-4-21-12-14-20(17-19(12)3)9-6-5-7-10(8-9)22-11-13-15-16-18(11)2/h5-8H,4H2,1-3H3/q-1. The van der Waals surface area contributed by atoms with Crippen LogP contribution in [0.2, 0.25) is 0 Å². The van der Waals surface area contributed by atoms with Gasteiger partial charge in [0.15, 0.2) is 5.17 Å². The predicted molar refractivity (Wildman–Crippen MR) is 88.5 cm³/mol. The number of benzene rings is 1. The van der Waals surface area contributed by atoms with Crippen LogP contribution in [0.1, 0.15) is 6.92 Å². The minimum absolute atomic E-state index is 0.735. The fourth-order valence-corrected chi connectivity index (χ4v) is 3.18. The molecule has 116 valence electrons. The number of aryl methyl sites for hydroxylation is 1. The smallest absolute Gasteiger partial charge is 0.213 e. The fourth-order valence-electron chi connectivity index (χ4n) is 1.78. The summed E-state index contributed by atoms with van der Waals surface area (Å²) >= 11 is 3.16. The van der Waals surface area contributed by atoms with E-state index in [-0.39, 0.29) is 0 Å². The lowest BCUT2D eigenvalue weighted by Crippen LogP contribution is -2.16. The van der Waals surface area contributed by atoms with Crippen molar-refractivity contribution in [2.75, 3.05) is 17.9 Å². The molecule has 0 saturated carbocycles. The highest BCUT2D eigenvalue weighted by Crippen LogP contribution is 2.32. The molecule has 2 heterocycles. The van der Waals surface area contributed by atoms with Crippen molar-refractivity contribution in [3.63, 3.8) is 0 Å². The van der Waals surface area contributed by atoms with Gasteiger partial charge in [-0.2, -0.15) is 5.10 Å². The zero-order valence-electron chi connectivity index (χ0n) is 12.4. The monoisotopic (exact) mass is 335 g/mol. The molecule has 1 aliphatic rings. The number of hydrogen-bond acceptors (Lipinski definition) is 8. The highest BCUT2D eigenvalue weighted by molar-refractivity contribution is 8.13. The van der Waals surface area contributed by atoms with Crippen molar-refractivity contribution in [2.45, 2.75) is 17.0 Å². The average Bonchev–Trinajstić information content (AvgIpc) is 3.07. The second-order valence-corrected chi connectivity index (χ2v) is 6.67. The summed E-state index contributed by atoms with van der Waals surface area (Å²) in [6, 6.07) is 7.96. The quantitative estimate of drug-likeness (QED) is 0.848. The van der Waals surface area contributed by atoms with Gasteiger partial charge in [-0.25, -0.2) is 4.68 Å². The van der Waals surface area contributed by atoms with E-state index in [1.807, 2.05) is 38.4 Å². The van der Waals surface area contributed by atoms with Gasteiger partial charge in [0.1, 0.15) is 0 Å². The zero-order chi connectivity index (χ0) is 15.5. The second kappa shape index (κ2) is 6.55. The summed E-state index contributed by atoms with van der Waals surface area (Å²) in [6.45, 7) is 2.09. The van der Waals surface area contributed by atoms with Crippen molar-refractivity contribution >= 4 is 34.4 Å². The highest BCUT2D eigenvalue weighted by Gasteiger charge is 2.12. The highest BCUT2D eigenvalue weighted by atomic mass is 32.2. The van der Waals surface area contributed by atoms with Gasteiger partial charge in [0.05, 0.1) is 0 Å². The first kappa shape index (κ1) is 15.1. The van der Waals surface area contributed by atoms with Crippen LogP contribution in [0.3, 0.4) is 0 Å². The molecule has 0 spiro atoms. The van der Waals surface area contributed by atoms with E-state index in [9.17, 15) is 0 Å². The number of aromatic nitrogens is 4. The Morgan fingerprint density at radius 3 is 2.86 bits per heavy atom. The summed E-state index contributed by atoms with van der Waals surface area (Å²) < 4.78 is 1.64. The molecule has 0 unspecified atom stereocenters. The molecule has 3 rings (SSSR count). The number of nitrogens with zero attached hydrogens (tertiary/aromatic N) is 8. The molecule has 0 N–H and O–H groups in total. The van der Waals surface area contributed by atoms with E-state index in [0.29, 0.717) is 0 Å². The van der Waals surface area contributed by atoms with E-state index >= 15 is 0 Å². The Kier molecular flexibility index (Phi) is 4.50. The van der Waals surface area contributed by atoms with Gasteiger partial charge in [-0.1, -0.05) is 24.8 Å². The number of rotatable bonds is 4. The minimum atomic E-state index is 0.735. The lowest BCUT2D eigenvalue weighted by Gasteiger charge is -2.33. The molecule has 10 heteroatoms. The molecule has 1 aromatic heterocycles. The zero-order valence-corrected chi connectivity index (χ0v) is 14.0. The molecule has 8 nitrogen and oxygen atoms in total. The van der Waals surface area contributed by atoms with Gasteiger partial charge in [0.2, 0.25) is 5.16 Å². The largest absolute Gasteiger partial charge is 0.449 e. The van der Waals surface area contributed by atoms with Gasteiger partial charge in [-0.15, -0.1) is 5.10 Å². The summed E-state index contributed by atoms with van der Waals surface area (Å²) in [6.07, 6.45) is 0. The Morgan fingerprint density at radius 1 is 1.27 bits per heavy atom. The first-order chi connectivity index (χ1) is 10.7. The van der Waals surface area contributed by atoms with Crippen LogP contribution in [-0.4, -0.2) is 43.2 Å². The Morgan fingerprint density at radius 2 is 2.14 bits per heavy atom. The molecule has 0 fully saturated rings. The van der Waals surface area contributed by atoms with Crippen LogP contribution in [0.25, 0.3) is 5.53 Å².